The van der Waals surface area contributed by atoms with Gasteiger partial charge >= 0.3 is 5.97 Å². The van der Waals surface area contributed by atoms with E-state index in [1.165, 1.54) is 6.07 Å². The second-order valence-corrected chi connectivity index (χ2v) is 5.96. The summed E-state index contributed by atoms with van der Waals surface area (Å²) >= 11 is 11.8. The Morgan fingerprint density at radius 1 is 1.33 bits per heavy atom. The normalized spacial score (nSPS) is 15.9. The number of carbonyl (C=O) groups excluding carboxylic acids is 1. The molecule has 7 heteroatoms. The Morgan fingerprint density at radius 3 is 2.62 bits per heavy atom. The highest BCUT2D eigenvalue weighted by molar-refractivity contribution is 6.34. The first-order valence-electron chi connectivity index (χ1n) is 6.51. The number of nitrogens with one attached hydrogen (secondary N) is 1. The number of amides is 1. The summed E-state index contributed by atoms with van der Waals surface area (Å²) in [5.41, 5.74) is -0.635. The number of carboxylic acid groups (broad SMARTS) is 1. The highest BCUT2D eigenvalue weighted by Gasteiger charge is 2.40. The van der Waals surface area contributed by atoms with Gasteiger partial charge in [-0.2, -0.15) is 0 Å². The number of hydrogen-bond donors (Lipinski definition) is 2. The molecule has 1 aliphatic rings. The topological polar surface area (TPSA) is 75.6 Å². The van der Waals surface area contributed by atoms with Crippen LogP contribution in [0.15, 0.2) is 18.2 Å². The van der Waals surface area contributed by atoms with Crippen molar-refractivity contribution in [2.24, 2.45) is 0 Å². The van der Waals surface area contributed by atoms with Gasteiger partial charge < -0.3 is 15.2 Å². The van der Waals surface area contributed by atoms with E-state index in [0.29, 0.717) is 28.6 Å². The molecule has 1 fully saturated rings. The Morgan fingerprint density at radius 2 is 2.05 bits per heavy atom. The molecule has 5 nitrogen and oxygen atoms in total. The molecule has 1 amide bonds. The van der Waals surface area contributed by atoms with Crippen LogP contribution in [0.2, 0.25) is 10.0 Å². The van der Waals surface area contributed by atoms with E-state index in [1.54, 1.807) is 12.1 Å². The summed E-state index contributed by atoms with van der Waals surface area (Å²) in [5.74, 6) is -0.971. The van der Waals surface area contributed by atoms with E-state index in [9.17, 15) is 9.59 Å². The minimum absolute atomic E-state index is 0.0728. The van der Waals surface area contributed by atoms with E-state index in [0.717, 1.165) is 6.42 Å². The van der Waals surface area contributed by atoms with Crippen LogP contribution in [0.5, 0.6) is 5.75 Å². The molecule has 0 spiro atoms. The molecule has 0 saturated heterocycles. The molecule has 21 heavy (non-hydrogen) atoms. The molecule has 0 atom stereocenters. The van der Waals surface area contributed by atoms with Crippen molar-refractivity contribution in [3.05, 3.63) is 28.2 Å². The smallest absolute Gasteiger partial charge is 0.305 e. The van der Waals surface area contributed by atoms with E-state index in [4.69, 9.17) is 33.0 Å². The Bertz CT molecular complexity index is 558. The fourth-order valence-electron chi connectivity index (χ4n) is 2.30. The summed E-state index contributed by atoms with van der Waals surface area (Å²) < 4.78 is 5.32. The number of carbonyl (C=O) groups is 2. The first-order chi connectivity index (χ1) is 9.90. The number of halogens is 2. The largest absolute Gasteiger partial charge is 0.482 e. The average Bonchev–Trinajstić information content (AvgIpc) is 2.36. The zero-order valence-electron chi connectivity index (χ0n) is 11.2. The van der Waals surface area contributed by atoms with Crippen molar-refractivity contribution >= 4 is 35.1 Å². The van der Waals surface area contributed by atoms with Crippen LogP contribution in [0.25, 0.3) is 0 Å². The van der Waals surface area contributed by atoms with Gasteiger partial charge in [0.25, 0.3) is 5.91 Å². The van der Waals surface area contributed by atoms with Crippen molar-refractivity contribution in [1.82, 2.24) is 5.32 Å². The summed E-state index contributed by atoms with van der Waals surface area (Å²) in [6.45, 7) is -0.235. The van der Waals surface area contributed by atoms with Crippen LogP contribution in [-0.2, 0) is 9.59 Å². The summed E-state index contributed by atoms with van der Waals surface area (Å²) in [6, 6.07) is 4.72. The van der Waals surface area contributed by atoms with Gasteiger partial charge in [-0.1, -0.05) is 23.2 Å². The van der Waals surface area contributed by atoms with Gasteiger partial charge in [0.2, 0.25) is 0 Å². The number of benzene rings is 1. The fourth-order valence-corrected chi connectivity index (χ4v) is 2.64. The number of rotatable bonds is 6. The Hall–Kier alpha value is -1.46. The Balaban J connectivity index is 1.90. The molecule has 0 unspecified atom stereocenters. The molecule has 1 saturated carbocycles. The minimum Gasteiger partial charge on any atom is -0.482 e. The van der Waals surface area contributed by atoms with Crippen molar-refractivity contribution in [3.8, 4) is 5.75 Å². The van der Waals surface area contributed by atoms with Gasteiger partial charge in [-0.15, -0.1) is 0 Å². The van der Waals surface area contributed by atoms with Gasteiger partial charge in [0, 0.05) is 11.1 Å². The summed E-state index contributed by atoms with van der Waals surface area (Å²) in [5, 5.41) is 12.4. The van der Waals surface area contributed by atoms with Crippen molar-refractivity contribution < 1.29 is 19.4 Å². The number of ether oxygens (including phenoxy) is 1. The van der Waals surface area contributed by atoms with Gasteiger partial charge in [0.05, 0.1) is 17.0 Å². The molecule has 0 aliphatic heterocycles. The standard InChI is InChI=1S/C14H15Cl2NO4/c15-9-2-3-10(16)11(6-9)21-8-12(18)17-14(4-1-5-14)7-13(19)20/h2-3,6H,1,4-5,7-8H2,(H,17,18)(H,19,20). The molecule has 0 radical (unpaired) electrons. The van der Waals surface area contributed by atoms with Gasteiger partial charge in [0.1, 0.15) is 5.75 Å². The van der Waals surface area contributed by atoms with E-state index in [-0.39, 0.29) is 18.9 Å². The first kappa shape index (κ1) is 15.9. The monoisotopic (exact) mass is 331 g/mol. The van der Waals surface area contributed by atoms with Crippen molar-refractivity contribution in [2.45, 2.75) is 31.2 Å². The van der Waals surface area contributed by atoms with E-state index in [1.807, 2.05) is 0 Å². The van der Waals surface area contributed by atoms with Gasteiger partial charge in [-0.3, -0.25) is 9.59 Å². The number of aliphatic carboxylic acids is 1. The molecule has 1 aromatic carbocycles. The summed E-state index contributed by atoms with van der Waals surface area (Å²) in [7, 11) is 0. The van der Waals surface area contributed by atoms with Crippen molar-refractivity contribution in [1.29, 1.82) is 0 Å². The third-order valence-electron chi connectivity index (χ3n) is 3.46. The molecule has 1 aliphatic carbocycles. The lowest BCUT2D eigenvalue weighted by atomic mass is 9.74. The van der Waals surface area contributed by atoms with Gasteiger partial charge in [-0.05, 0) is 31.4 Å². The minimum atomic E-state index is -0.922. The maximum Gasteiger partial charge on any atom is 0.305 e. The predicted octanol–water partition coefficient (Wildman–Crippen LogP) is 2.89. The molecule has 0 bridgehead atoms. The third kappa shape index (κ3) is 4.25. The quantitative estimate of drug-likeness (QED) is 0.840. The molecule has 0 heterocycles. The maximum absolute atomic E-state index is 11.9. The van der Waals surface area contributed by atoms with Crippen LogP contribution < -0.4 is 10.1 Å². The molecule has 114 valence electrons. The maximum atomic E-state index is 11.9. The Labute approximate surface area is 132 Å². The summed E-state index contributed by atoms with van der Waals surface area (Å²) in [4.78, 5) is 22.7. The van der Waals surface area contributed by atoms with Gasteiger partial charge in [0.15, 0.2) is 6.61 Å². The average molecular weight is 332 g/mol. The van der Waals surface area contributed by atoms with Crippen LogP contribution in [0.4, 0.5) is 0 Å². The zero-order valence-corrected chi connectivity index (χ0v) is 12.7. The fraction of sp³-hybridized carbons (Fsp3) is 0.429. The Kier molecular flexibility index (Phi) is 4.96. The van der Waals surface area contributed by atoms with E-state index >= 15 is 0 Å². The lowest BCUT2D eigenvalue weighted by molar-refractivity contribution is -0.140. The van der Waals surface area contributed by atoms with Crippen LogP contribution >= 0.6 is 23.2 Å². The van der Waals surface area contributed by atoms with E-state index in [2.05, 4.69) is 5.32 Å². The van der Waals surface area contributed by atoms with Crippen LogP contribution in [-0.4, -0.2) is 29.1 Å². The van der Waals surface area contributed by atoms with E-state index < -0.39 is 11.5 Å². The second kappa shape index (κ2) is 6.54. The molecule has 0 aromatic heterocycles. The first-order valence-corrected chi connectivity index (χ1v) is 7.26. The lowest BCUT2D eigenvalue weighted by Crippen LogP contribution is -2.55. The van der Waals surface area contributed by atoms with Crippen molar-refractivity contribution in [2.75, 3.05) is 6.61 Å². The predicted molar refractivity (Wildman–Crippen MR) is 78.9 cm³/mol. The van der Waals surface area contributed by atoms with Crippen LogP contribution in [0, 0.1) is 0 Å². The van der Waals surface area contributed by atoms with Crippen LogP contribution in [0.1, 0.15) is 25.7 Å². The zero-order chi connectivity index (χ0) is 15.5. The second-order valence-electron chi connectivity index (χ2n) is 5.12. The highest BCUT2D eigenvalue weighted by atomic mass is 35.5. The number of carboxylic acids is 1. The molecule has 1 aromatic rings. The molecular weight excluding hydrogens is 317 g/mol. The molecule has 2 rings (SSSR count). The molecular formula is C14H15Cl2NO4. The highest BCUT2D eigenvalue weighted by Crippen LogP contribution is 2.35. The molecule has 2 N–H and O–H groups in total. The lowest BCUT2D eigenvalue weighted by Gasteiger charge is -2.41. The van der Waals surface area contributed by atoms with Gasteiger partial charge in [-0.25, -0.2) is 0 Å². The van der Waals surface area contributed by atoms with Crippen LogP contribution in [0.3, 0.4) is 0 Å². The van der Waals surface area contributed by atoms with Crippen molar-refractivity contribution in [3.63, 3.8) is 0 Å². The SMILES string of the molecule is O=C(O)CC1(NC(=O)COc2cc(Cl)ccc2Cl)CCC1. The number of hydrogen-bond acceptors (Lipinski definition) is 3. The third-order valence-corrected chi connectivity index (χ3v) is 4.00. The summed E-state index contributed by atoms with van der Waals surface area (Å²) in [6.07, 6.45) is 2.18.